The van der Waals surface area contributed by atoms with Crippen LogP contribution in [0.3, 0.4) is 0 Å². The number of nitrogens with zero attached hydrogens (tertiary/aromatic N) is 2. The largest absolute Gasteiger partial charge is 0.328 e. The van der Waals surface area contributed by atoms with Crippen LogP contribution in [0.15, 0.2) is 35.4 Å². The quantitative estimate of drug-likeness (QED) is 0.838. The molecule has 2 rings (SSSR count). The number of halogens is 2. The molecule has 0 radical (unpaired) electrons. The zero-order valence-corrected chi connectivity index (χ0v) is 10.8. The summed E-state index contributed by atoms with van der Waals surface area (Å²) in [6.45, 7) is 2.97. The molecular formula is C13H14ClFN2O. The van der Waals surface area contributed by atoms with Crippen molar-refractivity contribution in [3.05, 3.63) is 57.5 Å². The minimum Gasteiger partial charge on any atom is -0.299 e. The fourth-order valence-electron chi connectivity index (χ4n) is 1.83. The summed E-state index contributed by atoms with van der Waals surface area (Å²) in [5.41, 5.74) is 0.505. The lowest BCUT2D eigenvalue weighted by atomic mass is 10.2. The molecule has 0 fully saturated rings. The van der Waals surface area contributed by atoms with Gasteiger partial charge in [0.25, 0.3) is 0 Å². The molecule has 0 unspecified atom stereocenters. The molecule has 2 aromatic rings. The highest BCUT2D eigenvalue weighted by Crippen LogP contribution is 2.17. The van der Waals surface area contributed by atoms with Gasteiger partial charge >= 0.3 is 5.69 Å². The van der Waals surface area contributed by atoms with Crippen molar-refractivity contribution in [1.29, 1.82) is 0 Å². The summed E-state index contributed by atoms with van der Waals surface area (Å²) in [7, 11) is 0. The Morgan fingerprint density at radius 3 is 2.72 bits per heavy atom. The van der Waals surface area contributed by atoms with Crippen LogP contribution in [0.4, 0.5) is 4.39 Å². The third-order valence-electron chi connectivity index (χ3n) is 2.73. The molecular weight excluding hydrogens is 255 g/mol. The highest BCUT2D eigenvalue weighted by atomic mass is 35.5. The Labute approximate surface area is 109 Å². The van der Waals surface area contributed by atoms with Crippen LogP contribution >= 0.6 is 11.6 Å². The van der Waals surface area contributed by atoms with E-state index in [4.69, 9.17) is 11.6 Å². The molecule has 1 aromatic heterocycles. The second-order valence-corrected chi connectivity index (χ2v) is 4.54. The van der Waals surface area contributed by atoms with E-state index in [0.717, 1.165) is 6.42 Å². The van der Waals surface area contributed by atoms with Gasteiger partial charge in [-0.05, 0) is 30.2 Å². The number of aryl methyl sites for hydroxylation is 1. The Balaban J connectivity index is 2.29. The van der Waals surface area contributed by atoms with Crippen molar-refractivity contribution in [2.24, 2.45) is 0 Å². The molecule has 0 aliphatic carbocycles. The maximum absolute atomic E-state index is 13.1. The molecule has 0 spiro atoms. The molecule has 0 saturated carbocycles. The molecule has 0 aliphatic heterocycles. The van der Waals surface area contributed by atoms with Crippen LogP contribution in [0.2, 0.25) is 5.02 Å². The van der Waals surface area contributed by atoms with Crippen LogP contribution in [0.1, 0.15) is 18.9 Å². The molecule has 18 heavy (non-hydrogen) atoms. The molecule has 0 amide bonds. The van der Waals surface area contributed by atoms with Crippen LogP contribution in [-0.4, -0.2) is 9.13 Å². The average molecular weight is 269 g/mol. The Hall–Kier alpha value is -1.55. The first-order valence-corrected chi connectivity index (χ1v) is 6.19. The Morgan fingerprint density at radius 1 is 1.28 bits per heavy atom. The topological polar surface area (TPSA) is 26.9 Å². The Kier molecular flexibility index (Phi) is 3.87. The van der Waals surface area contributed by atoms with Gasteiger partial charge in [0, 0.05) is 24.0 Å². The van der Waals surface area contributed by atoms with Crippen molar-refractivity contribution >= 4 is 11.6 Å². The molecule has 3 nitrogen and oxygen atoms in total. The number of hydrogen-bond acceptors (Lipinski definition) is 1. The van der Waals surface area contributed by atoms with Gasteiger partial charge in [0.05, 0.1) is 6.54 Å². The first-order valence-electron chi connectivity index (χ1n) is 5.81. The predicted octanol–water partition coefficient (Wildman–Crippen LogP) is 2.90. The van der Waals surface area contributed by atoms with E-state index in [1.165, 1.54) is 22.8 Å². The fourth-order valence-corrected chi connectivity index (χ4v) is 2.01. The van der Waals surface area contributed by atoms with Gasteiger partial charge in [-0.3, -0.25) is 9.13 Å². The molecule has 1 aromatic carbocycles. The van der Waals surface area contributed by atoms with E-state index < -0.39 is 0 Å². The second-order valence-electron chi connectivity index (χ2n) is 4.14. The monoisotopic (exact) mass is 268 g/mol. The van der Waals surface area contributed by atoms with E-state index in [-0.39, 0.29) is 18.1 Å². The summed E-state index contributed by atoms with van der Waals surface area (Å²) >= 11 is 5.98. The molecule has 0 atom stereocenters. The summed E-state index contributed by atoms with van der Waals surface area (Å²) < 4.78 is 16.3. The summed E-state index contributed by atoms with van der Waals surface area (Å²) in [5, 5.41) is 0.464. The van der Waals surface area contributed by atoms with Gasteiger partial charge in [0.15, 0.2) is 0 Å². The van der Waals surface area contributed by atoms with Crippen molar-refractivity contribution in [1.82, 2.24) is 9.13 Å². The molecule has 0 N–H and O–H groups in total. The number of rotatable bonds is 4. The molecule has 5 heteroatoms. The number of aromatic nitrogens is 2. The van der Waals surface area contributed by atoms with Crippen molar-refractivity contribution in [3.8, 4) is 0 Å². The highest BCUT2D eigenvalue weighted by Gasteiger charge is 2.07. The maximum atomic E-state index is 13.1. The predicted molar refractivity (Wildman–Crippen MR) is 69.5 cm³/mol. The number of benzene rings is 1. The van der Waals surface area contributed by atoms with Crippen molar-refractivity contribution < 1.29 is 4.39 Å². The van der Waals surface area contributed by atoms with Crippen LogP contribution in [0.5, 0.6) is 0 Å². The van der Waals surface area contributed by atoms with E-state index in [2.05, 4.69) is 0 Å². The average Bonchev–Trinajstić information content (AvgIpc) is 2.67. The molecule has 1 heterocycles. The lowest BCUT2D eigenvalue weighted by Crippen LogP contribution is -2.24. The molecule has 96 valence electrons. The molecule has 0 bridgehead atoms. The molecule has 0 saturated heterocycles. The van der Waals surface area contributed by atoms with E-state index in [9.17, 15) is 9.18 Å². The van der Waals surface area contributed by atoms with Gasteiger partial charge in [-0.15, -0.1) is 0 Å². The zero-order valence-electron chi connectivity index (χ0n) is 10.1. The number of imidazole rings is 1. The lowest BCUT2D eigenvalue weighted by molar-refractivity contribution is 0.613. The zero-order chi connectivity index (χ0) is 13.1. The van der Waals surface area contributed by atoms with E-state index in [0.29, 0.717) is 17.1 Å². The second kappa shape index (κ2) is 5.40. The molecule has 0 aliphatic rings. The summed E-state index contributed by atoms with van der Waals surface area (Å²) in [4.78, 5) is 11.9. The van der Waals surface area contributed by atoms with Crippen LogP contribution in [-0.2, 0) is 13.1 Å². The van der Waals surface area contributed by atoms with Gasteiger partial charge in [0.2, 0.25) is 0 Å². The van der Waals surface area contributed by atoms with Gasteiger partial charge in [0.1, 0.15) is 5.82 Å². The summed E-state index contributed by atoms with van der Waals surface area (Å²) in [6, 6.07) is 4.16. The van der Waals surface area contributed by atoms with E-state index >= 15 is 0 Å². The van der Waals surface area contributed by atoms with Crippen LogP contribution < -0.4 is 5.69 Å². The van der Waals surface area contributed by atoms with Crippen LogP contribution in [0.25, 0.3) is 0 Å². The standard InChI is InChI=1S/C13H14ClFN2O/c1-2-5-16-6-7-17(13(16)18)9-10-8-11(15)3-4-12(10)14/h3-4,6-8H,2,5,9H2,1H3. The number of hydrogen-bond donors (Lipinski definition) is 0. The van der Waals surface area contributed by atoms with Crippen LogP contribution in [0, 0.1) is 5.82 Å². The Morgan fingerprint density at radius 2 is 2.00 bits per heavy atom. The maximum Gasteiger partial charge on any atom is 0.328 e. The van der Waals surface area contributed by atoms with Crippen molar-refractivity contribution in [3.63, 3.8) is 0 Å². The Bertz CT molecular complexity index is 603. The normalized spacial score (nSPS) is 10.8. The third-order valence-corrected chi connectivity index (χ3v) is 3.10. The minimum atomic E-state index is -0.351. The minimum absolute atomic E-state index is 0.0998. The van der Waals surface area contributed by atoms with Gasteiger partial charge in [-0.25, -0.2) is 9.18 Å². The van der Waals surface area contributed by atoms with Crippen molar-refractivity contribution in [2.45, 2.75) is 26.4 Å². The van der Waals surface area contributed by atoms with Crippen molar-refractivity contribution in [2.75, 3.05) is 0 Å². The first-order chi connectivity index (χ1) is 8.61. The summed E-state index contributed by atoms with van der Waals surface area (Å²) in [6.07, 6.45) is 4.32. The lowest BCUT2D eigenvalue weighted by Gasteiger charge is -2.05. The van der Waals surface area contributed by atoms with E-state index in [1.807, 2.05) is 6.92 Å². The van der Waals surface area contributed by atoms with Gasteiger partial charge in [-0.2, -0.15) is 0 Å². The fraction of sp³-hybridized carbons (Fsp3) is 0.308. The van der Waals surface area contributed by atoms with Gasteiger partial charge in [-0.1, -0.05) is 18.5 Å². The van der Waals surface area contributed by atoms with E-state index in [1.54, 1.807) is 17.0 Å². The third kappa shape index (κ3) is 2.64. The highest BCUT2D eigenvalue weighted by molar-refractivity contribution is 6.31. The van der Waals surface area contributed by atoms with Gasteiger partial charge < -0.3 is 0 Å². The first kappa shape index (κ1) is 12.9. The smallest absolute Gasteiger partial charge is 0.299 e. The SMILES string of the molecule is CCCn1ccn(Cc2cc(F)ccc2Cl)c1=O. The summed E-state index contributed by atoms with van der Waals surface area (Å²) in [5.74, 6) is -0.351.